The lowest BCUT2D eigenvalue weighted by atomic mass is 9.79. The van der Waals surface area contributed by atoms with E-state index in [4.69, 9.17) is 0 Å². The Balaban J connectivity index is 2.41. The predicted molar refractivity (Wildman–Crippen MR) is 66.5 cm³/mol. The molecule has 88 valence electrons. The summed E-state index contributed by atoms with van der Waals surface area (Å²) in [6, 6.07) is 9.04. The first kappa shape index (κ1) is 10.7. The summed E-state index contributed by atoms with van der Waals surface area (Å²) < 4.78 is 14.0. The van der Waals surface area contributed by atoms with Gasteiger partial charge in [-0.25, -0.2) is 4.39 Å². The zero-order valence-electron chi connectivity index (χ0n) is 9.78. The molecule has 0 bridgehead atoms. The standard InChI is InChI=1S/C15H15FO/c1-9-6-7-14(17)12-8-13(16)10-4-2-3-5-11(10)15(9)12/h2-5,8-9,14,17H,6-7H2,1H3/t9?,14-/m0/s1. The Morgan fingerprint density at radius 2 is 1.88 bits per heavy atom. The predicted octanol–water partition coefficient (Wildman–Crippen LogP) is 3.91. The van der Waals surface area contributed by atoms with E-state index in [1.54, 1.807) is 6.07 Å². The molecule has 17 heavy (non-hydrogen) atoms. The normalized spacial score (nSPS) is 23.7. The van der Waals surface area contributed by atoms with Crippen LogP contribution < -0.4 is 0 Å². The lowest BCUT2D eigenvalue weighted by molar-refractivity contribution is 0.151. The molecule has 1 N–H and O–H groups in total. The van der Waals surface area contributed by atoms with E-state index in [2.05, 4.69) is 6.92 Å². The van der Waals surface area contributed by atoms with Crippen LogP contribution in [0.1, 0.15) is 42.9 Å². The summed E-state index contributed by atoms with van der Waals surface area (Å²) in [5.41, 5.74) is 1.90. The van der Waals surface area contributed by atoms with E-state index >= 15 is 0 Å². The lowest BCUT2D eigenvalue weighted by Crippen LogP contribution is -2.13. The van der Waals surface area contributed by atoms with Gasteiger partial charge < -0.3 is 5.11 Å². The molecule has 2 aromatic rings. The van der Waals surface area contributed by atoms with E-state index in [0.717, 1.165) is 29.4 Å². The third-order valence-corrected chi connectivity index (χ3v) is 3.79. The van der Waals surface area contributed by atoms with Crippen molar-refractivity contribution >= 4 is 10.8 Å². The van der Waals surface area contributed by atoms with Gasteiger partial charge in [0.05, 0.1) is 6.10 Å². The summed E-state index contributed by atoms with van der Waals surface area (Å²) in [4.78, 5) is 0. The topological polar surface area (TPSA) is 20.2 Å². The van der Waals surface area contributed by atoms with E-state index in [1.807, 2.05) is 18.2 Å². The van der Waals surface area contributed by atoms with Gasteiger partial charge in [-0.1, -0.05) is 31.2 Å². The molecular formula is C15H15FO. The van der Waals surface area contributed by atoms with Crippen molar-refractivity contribution in [1.29, 1.82) is 0 Å². The van der Waals surface area contributed by atoms with Crippen LogP contribution in [-0.2, 0) is 0 Å². The summed E-state index contributed by atoms with van der Waals surface area (Å²) in [5.74, 6) is 0.159. The van der Waals surface area contributed by atoms with Crippen molar-refractivity contribution in [1.82, 2.24) is 0 Å². The fourth-order valence-corrected chi connectivity index (χ4v) is 2.91. The minimum atomic E-state index is -0.514. The molecule has 2 heteroatoms. The molecule has 2 atom stereocenters. The summed E-state index contributed by atoms with van der Waals surface area (Å²) in [6.45, 7) is 2.15. The molecular weight excluding hydrogens is 215 g/mol. The highest BCUT2D eigenvalue weighted by atomic mass is 19.1. The number of aliphatic hydroxyl groups is 1. The number of rotatable bonds is 0. The molecule has 0 aromatic heterocycles. The van der Waals surface area contributed by atoms with Crippen LogP contribution in [0.15, 0.2) is 30.3 Å². The number of aliphatic hydroxyl groups excluding tert-OH is 1. The first-order chi connectivity index (χ1) is 8.18. The van der Waals surface area contributed by atoms with E-state index in [-0.39, 0.29) is 5.82 Å². The third-order valence-electron chi connectivity index (χ3n) is 3.79. The van der Waals surface area contributed by atoms with Crippen LogP contribution in [0.25, 0.3) is 10.8 Å². The average molecular weight is 230 g/mol. The van der Waals surface area contributed by atoms with Crippen molar-refractivity contribution in [2.75, 3.05) is 0 Å². The molecule has 1 aliphatic carbocycles. The first-order valence-corrected chi connectivity index (χ1v) is 6.07. The van der Waals surface area contributed by atoms with Crippen LogP contribution in [0.5, 0.6) is 0 Å². The monoisotopic (exact) mass is 230 g/mol. The molecule has 0 spiro atoms. The van der Waals surface area contributed by atoms with Gasteiger partial charge in [0.25, 0.3) is 0 Å². The Kier molecular flexibility index (Phi) is 2.40. The first-order valence-electron chi connectivity index (χ1n) is 6.07. The van der Waals surface area contributed by atoms with Crippen molar-refractivity contribution in [2.45, 2.75) is 31.8 Å². The molecule has 0 aliphatic heterocycles. The number of halogens is 1. The maximum absolute atomic E-state index is 14.0. The fraction of sp³-hybridized carbons (Fsp3) is 0.333. The molecule has 2 aromatic carbocycles. The van der Waals surface area contributed by atoms with Gasteiger partial charge in [-0.15, -0.1) is 0 Å². The third kappa shape index (κ3) is 1.55. The summed E-state index contributed by atoms with van der Waals surface area (Å²) >= 11 is 0. The smallest absolute Gasteiger partial charge is 0.131 e. The quantitative estimate of drug-likeness (QED) is 0.727. The zero-order chi connectivity index (χ0) is 12.0. The average Bonchev–Trinajstić information content (AvgIpc) is 2.34. The van der Waals surface area contributed by atoms with Crippen LogP contribution in [-0.4, -0.2) is 5.11 Å². The molecule has 0 radical (unpaired) electrons. The molecule has 0 saturated heterocycles. The number of fused-ring (bicyclic) bond motifs is 3. The van der Waals surface area contributed by atoms with Gasteiger partial charge >= 0.3 is 0 Å². The summed E-state index contributed by atoms with van der Waals surface area (Å²) in [7, 11) is 0. The van der Waals surface area contributed by atoms with E-state index < -0.39 is 6.10 Å². The maximum Gasteiger partial charge on any atom is 0.131 e. The van der Waals surface area contributed by atoms with Crippen LogP contribution in [0.3, 0.4) is 0 Å². The van der Waals surface area contributed by atoms with Gasteiger partial charge in [0.2, 0.25) is 0 Å². The fourth-order valence-electron chi connectivity index (χ4n) is 2.91. The van der Waals surface area contributed by atoms with Crippen molar-refractivity contribution in [3.63, 3.8) is 0 Å². The van der Waals surface area contributed by atoms with Crippen molar-refractivity contribution < 1.29 is 9.50 Å². The highest BCUT2D eigenvalue weighted by Crippen LogP contribution is 2.41. The van der Waals surface area contributed by atoms with Crippen molar-refractivity contribution in [3.8, 4) is 0 Å². The van der Waals surface area contributed by atoms with Crippen LogP contribution in [0, 0.1) is 5.82 Å². The van der Waals surface area contributed by atoms with Gasteiger partial charge in [-0.05, 0) is 41.3 Å². The van der Waals surface area contributed by atoms with Gasteiger partial charge in [0, 0.05) is 5.39 Å². The lowest BCUT2D eigenvalue weighted by Gasteiger charge is -2.28. The summed E-state index contributed by atoms with van der Waals surface area (Å²) in [5, 5.41) is 11.6. The molecule has 0 heterocycles. The Morgan fingerprint density at radius 1 is 1.18 bits per heavy atom. The number of hydrogen-bond donors (Lipinski definition) is 1. The molecule has 0 fully saturated rings. The second-order valence-electron chi connectivity index (χ2n) is 4.90. The second kappa shape index (κ2) is 3.81. The minimum Gasteiger partial charge on any atom is -0.388 e. The number of benzene rings is 2. The van der Waals surface area contributed by atoms with E-state index in [9.17, 15) is 9.50 Å². The Morgan fingerprint density at radius 3 is 2.65 bits per heavy atom. The number of hydrogen-bond acceptors (Lipinski definition) is 1. The van der Waals surface area contributed by atoms with Crippen LogP contribution in [0.4, 0.5) is 4.39 Å². The zero-order valence-corrected chi connectivity index (χ0v) is 9.78. The van der Waals surface area contributed by atoms with Crippen LogP contribution in [0.2, 0.25) is 0 Å². The molecule has 1 aliphatic rings. The van der Waals surface area contributed by atoms with Crippen LogP contribution >= 0.6 is 0 Å². The van der Waals surface area contributed by atoms with Crippen molar-refractivity contribution in [2.24, 2.45) is 0 Å². The maximum atomic E-state index is 14.0. The molecule has 0 amide bonds. The van der Waals surface area contributed by atoms with Gasteiger partial charge in [-0.2, -0.15) is 0 Å². The largest absolute Gasteiger partial charge is 0.388 e. The minimum absolute atomic E-state index is 0.229. The highest BCUT2D eigenvalue weighted by molar-refractivity contribution is 5.88. The van der Waals surface area contributed by atoms with Gasteiger partial charge in [0.1, 0.15) is 5.82 Å². The molecule has 3 rings (SSSR count). The molecule has 0 saturated carbocycles. The van der Waals surface area contributed by atoms with Crippen molar-refractivity contribution in [3.05, 3.63) is 47.3 Å². The van der Waals surface area contributed by atoms with E-state index in [1.165, 1.54) is 6.07 Å². The Hall–Kier alpha value is -1.41. The second-order valence-corrected chi connectivity index (χ2v) is 4.90. The molecule has 1 unspecified atom stereocenters. The van der Waals surface area contributed by atoms with Gasteiger partial charge in [-0.3, -0.25) is 0 Å². The van der Waals surface area contributed by atoms with E-state index in [0.29, 0.717) is 11.3 Å². The summed E-state index contributed by atoms with van der Waals surface area (Å²) in [6.07, 6.45) is 1.18. The van der Waals surface area contributed by atoms with Gasteiger partial charge in [0.15, 0.2) is 0 Å². The molecule has 1 nitrogen and oxygen atoms in total. The highest BCUT2D eigenvalue weighted by Gasteiger charge is 2.26. The SMILES string of the molecule is CC1CC[C@H](O)c2cc(F)c3ccccc3c21. The Labute approximate surface area is 99.9 Å². The Bertz CT molecular complexity index is 576.